The summed E-state index contributed by atoms with van der Waals surface area (Å²) in [5.41, 5.74) is 2.46. The third-order valence-corrected chi connectivity index (χ3v) is 5.50. The third-order valence-electron chi connectivity index (χ3n) is 5.50. The molecule has 0 spiro atoms. The van der Waals surface area contributed by atoms with Crippen molar-refractivity contribution in [2.45, 2.75) is 51.2 Å². The van der Waals surface area contributed by atoms with Gasteiger partial charge >= 0.3 is 0 Å². The molecule has 0 aromatic heterocycles. The van der Waals surface area contributed by atoms with E-state index in [1.165, 1.54) is 17.5 Å². The van der Waals surface area contributed by atoms with E-state index in [1.807, 2.05) is 4.90 Å². The number of allylic oxidation sites excluding steroid dienone is 2. The molecule has 25 heavy (non-hydrogen) atoms. The van der Waals surface area contributed by atoms with Crippen molar-refractivity contribution >= 4 is 5.91 Å². The van der Waals surface area contributed by atoms with Crippen molar-refractivity contribution in [3.05, 3.63) is 41.5 Å². The van der Waals surface area contributed by atoms with E-state index in [-0.39, 0.29) is 12.0 Å². The van der Waals surface area contributed by atoms with Crippen LogP contribution in [0, 0.1) is 5.92 Å². The Morgan fingerprint density at radius 1 is 1.20 bits per heavy atom. The molecule has 4 heteroatoms. The molecule has 0 saturated carbocycles. The van der Waals surface area contributed by atoms with E-state index in [0.717, 1.165) is 51.0 Å². The van der Waals surface area contributed by atoms with Gasteiger partial charge in [0.15, 0.2) is 0 Å². The molecule has 2 aliphatic heterocycles. The molecule has 0 unspecified atom stereocenters. The Labute approximate surface area is 149 Å². The summed E-state index contributed by atoms with van der Waals surface area (Å²) < 4.78 is 11.3. The molecular formula is C21H27NO3. The van der Waals surface area contributed by atoms with E-state index < -0.39 is 0 Å². The largest absolute Gasteiger partial charge is 0.493 e. The number of hydrogen-bond acceptors (Lipinski definition) is 3. The number of rotatable bonds is 5. The molecule has 0 bridgehead atoms. The first-order chi connectivity index (χ1) is 12.3. The lowest BCUT2D eigenvalue weighted by atomic mass is 9.93. The highest BCUT2D eigenvalue weighted by atomic mass is 16.5. The van der Waals surface area contributed by atoms with Gasteiger partial charge in [-0.05, 0) is 55.2 Å². The van der Waals surface area contributed by atoms with Gasteiger partial charge in [0.25, 0.3) is 5.91 Å². The van der Waals surface area contributed by atoms with E-state index in [9.17, 15) is 4.79 Å². The van der Waals surface area contributed by atoms with E-state index in [1.54, 1.807) is 0 Å². The molecule has 0 N–H and O–H groups in total. The monoisotopic (exact) mass is 341 g/mol. The van der Waals surface area contributed by atoms with Crippen LogP contribution in [0.25, 0.3) is 0 Å². The first kappa shape index (κ1) is 16.6. The van der Waals surface area contributed by atoms with Gasteiger partial charge in [-0.15, -0.1) is 0 Å². The van der Waals surface area contributed by atoms with Gasteiger partial charge in [-0.3, -0.25) is 4.79 Å². The molecule has 1 aromatic rings. The predicted molar refractivity (Wildman–Crippen MR) is 96.5 cm³/mol. The highest BCUT2D eigenvalue weighted by Crippen LogP contribution is 2.28. The lowest BCUT2D eigenvalue weighted by Gasteiger charge is -2.30. The number of nitrogens with zero attached hydrogens (tertiary/aromatic N) is 1. The maximum atomic E-state index is 13.0. The Morgan fingerprint density at radius 3 is 2.96 bits per heavy atom. The average Bonchev–Trinajstić information content (AvgIpc) is 3.33. The molecule has 1 fully saturated rings. The van der Waals surface area contributed by atoms with Crippen molar-refractivity contribution in [1.82, 2.24) is 4.90 Å². The summed E-state index contributed by atoms with van der Waals surface area (Å²) in [6.45, 7) is 2.99. The quantitative estimate of drug-likeness (QED) is 0.770. The van der Waals surface area contributed by atoms with Gasteiger partial charge in [-0.1, -0.05) is 24.3 Å². The lowest BCUT2D eigenvalue weighted by molar-refractivity contribution is -0.142. The highest BCUT2D eigenvalue weighted by molar-refractivity contribution is 5.81. The molecule has 4 nitrogen and oxygen atoms in total. The standard InChI is InChI=1S/C21H27NO3/c23-21(20-7-4-11-24-20)22(14-16-5-2-1-3-6-16)15-17-8-9-19-18(13-17)10-12-25-19/h1-2,8-9,13,16,20H,3-7,10-12,14-15H2/t16-,20+/m0/s1. The van der Waals surface area contributed by atoms with Crippen molar-refractivity contribution in [2.75, 3.05) is 19.8 Å². The van der Waals surface area contributed by atoms with Crippen LogP contribution in [0.3, 0.4) is 0 Å². The van der Waals surface area contributed by atoms with Crippen molar-refractivity contribution in [3.63, 3.8) is 0 Å². The number of ether oxygens (including phenoxy) is 2. The number of carbonyl (C=O) groups excluding carboxylic acids is 1. The zero-order valence-corrected chi connectivity index (χ0v) is 14.8. The number of fused-ring (bicyclic) bond motifs is 1. The molecule has 4 rings (SSSR count). The molecule has 134 valence electrons. The Morgan fingerprint density at radius 2 is 2.16 bits per heavy atom. The van der Waals surface area contributed by atoms with Crippen LogP contribution in [0.4, 0.5) is 0 Å². The number of amides is 1. The van der Waals surface area contributed by atoms with Gasteiger partial charge in [0.2, 0.25) is 0 Å². The van der Waals surface area contributed by atoms with Gasteiger partial charge in [-0.25, -0.2) is 0 Å². The molecule has 1 saturated heterocycles. The fraction of sp³-hybridized carbons (Fsp3) is 0.571. The van der Waals surface area contributed by atoms with Gasteiger partial charge < -0.3 is 14.4 Å². The van der Waals surface area contributed by atoms with Crippen molar-refractivity contribution < 1.29 is 14.3 Å². The van der Waals surface area contributed by atoms with Gasteiger partial charge in [0, 0.05) is 26.1 Å². The first-order valence-electron chi connectivity index (χ1n) is 9.59. The van der Waals surface area contributed by atoms with Crippen molar-refractivity contribution in [3.8, 4) is 5.75 Å². The Hall–Kier alpha value is -1.81. The Balaban J connectivity index is 1.49. The molecular weight excluding hydrogens is 314 g/mol. The maximum Gasteiger partial charge on any atom is 0.252 e. The second kappa shape index (κ2) is 7.61. The SMILES string of the molecule is O=C([C@H]1CCCO1)N(Cc1ccc2c(c1)CCO2)C[C@H]1CC=CCC1. The topological polar surface area (TPSA) is 38.8 Å². The van der Waals surface area contributed by atoms with Crippen LogP contribution < -0.4 is 4.74 Å². The zero-order valence-electron chi connectivity index (χ0n) is 14.8. The molecule has 2 heterocycles. The predicted octanol–water partition coefficient (Wildman–Crippen LogP) is 3.49. The van der Waals surface area contributed by atoms with Gasteiger partial charge in [0.1, 0.15) is 11.9 Å². The normalized spacial score (nSPS) is 24.8. The average molecular weight is 341 g/mol. The van der Waals surface area contributed by atoms with Crippen LogP contribution in [-0.4, -0.2) is 36.7 Å². The summed E-state index contributed by atoms with van der Waals surface area (Å²) >= 11 is 0. The maximum absolute atomic E-state index is 13.0. The second-order valence-corrected chi connectivity index (χ2v) is 7.41. The van der Waals surface area contributed by atoms with E-state index in [2.05, 4.69) is 30.4 Å². The molecule has 1 aliphatic carbocycles. The summed E-state index contributed by atoms with van der Waals surface area (Å²) in [6.07, 6.45) is 10.5. The first-order valence-corrected chi connectivity index (χ1v) is 9.59. The number of carbonyl (C=O) groups is 1. The van der Waals surface area contributed by atoms with Crippen LogP contribution in [0.2, 0.25) is 0 Å². The third kappa shape index (κ3) is 3.90. The lowest BCUT2D eigenvalue weighted by Crippen LogP contribution is -2.41. The Bertz CT molecular complexity index is 649. The van der Waals surface area contributed by atoms with Crippen molar-refractivity contribution in [1.29, 1.82) is 0 Å². The second-order valence-electron chi connectivity index (χ2n) is 7.41. The summed E-state index contributed by atoms with van der Waals surface area (Å²) in [4.78, 5) is 15.1. The summed E-state index contributed by atoms with van der Waals surface area (Å²) in [6, 6.07) is 6.36. The smallest absolute Gasteiger partial charge is 0.252 e. The fourth-order valence-corrected chi connectivity index (χ4v) is 4.10. The molecule has 3 aliphatic rings. The summed E-state index contributed by atoms with van der Waals surface area (Å²) in [7, 11) is 0. The Kier molecular flexibility index (Phi) is 5.07. The summed E-state index contributed by atoms with van der Waals surface area (Å²) in [5.74, 6) is 1.73. The van der Waals surface area contributed by atoms with Crippen molar-refractivity contribution in [2.24, 2.45) is 5.92 Å². The molecule has 0 radical (unpaired) electrons. The van der Waals surface area contributed by atoms with Crippen LogP contribution in [-0.2, 0) is 22.5 Å². The fourth-order valence-electron chi connectivity index (χ4n) is 4.10. The number of hydrogen-bond donors (Lipinski definition) is 0. The van der Waals surface area contributed by atoms with Crippen LogP contribution >= 0.6 is 0 Å². The van der Waals surface area contributed by atoms with Gasteiger partial charge in [0.05, 0.1) is 6.61 Å². The van der Waals surface area contributed by atoms with E-state index >= 15 is 0 Å². The number of benzene rings is 1. The van der Waals surface area contributed by atoms with E-state index in [4.69, 9.17) is 9.47 Å². The minimum Gasteiger partial charge on any atom is -0.493 e. The summed E-state index contributed by atoms with van der Waals surface area (Å²) in [5, 5.41) is 0. The molecule has 1 amide bonds. The van der Waals surface area contributed by atoms with E-state index in [0.29, 0.717) is 19.1 Å². The van der Waals surface area contributed by atoms with Crippen LogP contribution in [0.1, 0.15) is 43.2 Å². The minimum atomic E-state index is -0.239. The van der Waals surface area contributed by atoms with Crippen LogP contribution in [0.5, 0.6) is 5.75 Å². The van der Waals surface area contributed by atoms with Gasteiger partial charge in [-0.2, -0.15) is 0 Å². The molecule has 1 aromatic carbocycles. The zero-order chi connectivity index (χ0) is 17.1. The minimum absolute atomic E-state index is 0.170. The highest BCUT2D eigenvalue weighted by Gasteiger charge is 2.30. The molecule has 2 atom stereocenters. The van der Waals surface area contributed by atoms with Crippen LogP contribution in [0.15, 0.2) is 30.4 Å².